The molecule has 180 valence electrons. The molecule has 0 amide bonds. The average molecular weight is 479 g/mol. The summed E-state index contributed by atoms with van der Waals surface area (Å²) >= 11 is 0. The lowest BCUT2D eigenvalue weighted by molar-refractivity contribution is -0.137. The summed E-state index contributed by atoms with van der Waals surface area (Å²) in [5.41, 5.74) is 4.62. The highest BCUT2D eigenvalue weighted by atomic mass is 16.5. The maximum atomic E-state index is 12.7. The number of aromatic amines is 1. The number of carboxylic acid groups (broad SMARTS) is 1. The van der Waals surface area contributed by atoms with E-state index in [1.807, 2.05) is 66.7 Å². The molecular weight excluding hydrogens is 452 g/mol. The predicted octanol–water partition coefficient (Wildman–Crippen LogP) is 5.22. The third-order valence-corrected chi connectivity index (χ3v) is 6.31. The quantitative estimate of drug-likeness (QED) is 0.304. The van der Waals surface area contributed by atoms with Crippen molar-refractivity contribution in [1.82, 2.24) is 9.55 Å². The minimum atomic E-state index is -0.901. The number of benzene rings is 3. The fourth-order valence-corrected chi connectivity index (χ4v) is 4.65. The van der Waals surface area contributed by atoms with Crippen LogP contribution in [0.25, 0.3) is 10.9 Å². The van der Waals surface area contributed by atoms with E-state index in [9.17, 15) is 9.59 Å². The van der Waals surface area contributed by atoms with Crippen LogP contribution in [0.2, 0.25) is 0 Å². The van der Waals surface area contributed by atoms with Gasteiger partial charge in [0.2, 0.25) is 0 Å². The molecular formula is C30H26N2O4. The monoisotopic (exact) mass is 478 g/mol. The largest absolute Gasteiger partial charge is 0.493 e. The summed E-state index contributed by atoms with van der Waals surface area (Å²) in [6.45, 7) is 0.205. The molecule has 6 nitrogen and oxygen atoms in total. The number of carbonyl (C=O) groups is 1. The maximum Gasteiger partial charge on any atom is 0.323 e. The number of carboxylic acids is 1. The number of nitrogens with zero attached hydrogens (tertiary/aromatic N) is 1. The summed E-state index contributed by atoms with van der Waals surface area (Å²) in [4.78, 5) is 26.7. The van der Waals surface area contributed by atoms with Gasteiger partial charge in [-0.05, 0) is 41.0 Å². The van der Waals surface area contributed by atoms with Gasteiger partial charge in [-0.15, -0.1) is 0 Å². The average Bonchev–Trinajstić information content (AvgIpc) is 3.30. The van der Waals surface area contributed by atoms with Crippen molar-refractivity contribution in [3.05, 3.63) is 136 Å². The number of aliphatic carboxylic acids is 1. The first-order chi connectivity index (χ1) is 17.6. The van der Waals surface area contributed by atoms with Crippen LogP contribution in [-0.4, -0.2) is 27.2 Å². The van der Waals surface area contributed by atoms with E-state index < -0.39 is 5.97 Å². The molecule has 0 saturated carbocycles. The van der Waals surface area contributed by atoms with Crippen LogP contribution in [0.15, 0.2) is 108 Å². The van der Waals surface area contributed by atoms with Crippen LogP contribution in [-0.2, 0) is 17.8 Å². The normalized spacial score (nSPS) is 11.1. The van der Waals surface area contributed by atoms with Crippen molar-refractivity contribution in [2.24, 2.45) is 0 Å². The van der Waals surface area contributed by atoms with E-state index in [1.54, 1.807) is 17.0 Å². The zero-order valence-corrected chi connectivity index (χ0v) is 19.6. The Balaban J connectivity index is 1.38. The first-order valence-corrected chi connectivity index (χ1v) is 11.8. The Kier molecular flexibility index (Phi) is 6.67. The van der Waals surface area contributed by atoms with Gasteiger partial charge in [0.05, 0.1) is 12.1 Å². The van der Waals surface area contributed by atoms with Crippen molar-refractivity contribution in [2.75, 3.05) is 6.61 Å². The number of nitrogens with one attached hydrogen (secondary N) is 1. The van der Waals surface area contributed by atoms with E-state index >= 15 is 0 Å². The molecule has 0 atom stereocenters. The van der Waals surface area contributed by atoms with Crippen molar-refractivity contribution in [1.29, 1.82) is 0 Å². The van der Waals surface area contributed by atoms with Gasteiger partial charge < -0.3 is 19.4 Å². The van der Waals surface area contributed by atoms with Gasteiger partial charge in [-0.2, -0.15) is 0 Å². The van der Waals surface area contributed by atoms with Gasteiger partial charge in [0.15, 0.2) is 0 Å². The molecule has 0 spiro atoms. The van der Waals surface area contributed by atoms with Gasteiger partial charge in [-0.1, -0.05) is 66.7 Å². The molecule has 0 aliphatic heterocycles. The van der Waals surface area contributed by atoms with Crippen LogP contribution in [0.5, 0.6) is 5.75 Å². The molecule has 36 heavy (non-hydrogen) atoms. The van der Waals surface area contributed by atoms with E-state index in [-0.39, 0.29) is 18.0 Å². The van der Waals surface area contributed by atoms with Gasteiger partial charge in [0.1, 0.15) is 12.3 Å². The second-order valence-corrected chi connectivity index (χ2v) is 8.67. The Bertz CT molecular complexity index is 1500. The zero-order chi connectivity index (χ0) is 24.9. The number of hydrogen-bond donors (Lipinski definition) is 2. The minimum absolute atomic E-state index is 0.00772. The highest BCUT2D eigenvalue weighted by Gasteiger charge is 2.18. The van der Waals surface area contributed by atoms with Crippen molar-refractivity contribution in [3.63, 3.8) is 0 Å². The maximum absolute atomic E-state index is 12.7. The molecule has 3 aromatic carbocycles. The second-order valence-electron chi connectivity index (χ2n) is 8.67. The number of hydrogen-bond acceptors (Lipinski definition) is 3. The van der Waals surface area contributed by atoms with Crippen LogP contribution in [0.1, 0.15) is 28.2 Å². The number of rotatable bonds is 9. The molecule has 6 heteroatoms. The molecule has 0 aliphatic carbocycles. The van der Waals surface area contributed by atoms with Crippen LogP contribution in [0, 0.1) is 0 Å². The van der Waals surface area contributed by atoms with E-state index in [2.05, 4.69) is 29.2 Å². The van der Waals surface area contributed by atoms with Crippen molar-refractivity contribution in [2.45, 2.75) is 18.9 Å². The summed E-state index contributed by atoms with van der Waals surface area (Å²) in [6, 6.07) is 29.9. The third kappa shape index (κ3) is 4.93. The van der Waals surface area contributed by atoms with E-state index in [4.69, 9.17) is 9.84 Å². The predicted molar refractivity (Wildman–Crippen MR) is 140 cm³/mol. The van der Waals surface area contributed by atoms with Crippen molar-refractivity contribution < 1.29 is 14.6 Å². The molecule has 0 unspecified atom stereocenters. The Morgan fingerprint density at radius 2 is 1.58 bits per heavy atom. The van der Waals surface area contributed by atoms with Gasteiger partial charge in [0.25, 0.3) is 5.56 Å². The zero-order valence-electron chi connectivity index (χ0n) is 19.6. The number of H-pyrrole nitrogens is 1. The number of aromatic nitrogens is 2. The fraction of sp³-hybridized carbons (Fsp3) is 0.133. The molecule has 2 heterocycles. The molecule has 2 N–H and O–H groups in total. The smallest absolute Gasteiger partial charge is 0.323 e. The topological polar surface area (TPSA) is 84.3 Å². The van der Waals surface area contributed by atoms with Gasteiger partial charge >= 0.3 is 5.97 Å². The number of pyridine rings is 1. The van der Waals surface area contributed by atoms with Crippen LogP contribution < -0.4 is 10.3 Å². The van der Waals surface area contributed by atoms with Crippen LogP contribution in [0.4, 0.5) is 0 Å². The Morgan fingerprint density at radius 1 is 0.889 bits per heavy atom. The SMILES string of the molecule is O=C(O)Cn1ccc2c(OCCc3cc(C(c4ccccc4)c4ccccc4)c[nH]c3=O)cccc21. The fourth-order valence-electron chi connectivity index (χ4n) is 4.65. The highest BCUT2D eigenvalue weighted by Crippen LogP contribution is 2.31. The van der Waals surface area contributed by atoms with Gasteiger partial charge in [-0.3, -0.25) is 9.59 Å². The third-order valence-electron chi connectivity index (χ3n) is 6.31. The van der Waals surface area contributed by atoms with E-state index in [0.717, 1.165) is 27.6 Å². The first kappa shape index (κ1) is 23.2. The summed E-state index contributed by atoms with van der Waals surface area (Å²) in [6.07, 6.45) is 3.97. The lowest BCUT2D eigenvalue weighted by Crippen LogP contribution is -2.17. The Labute approximate surface area is 208 Å². The van der Waals surface area contributed by atoms with E-state index in [1.165, 1.54) is 0 Å². The Morgan fingerprint density at radius 3 is 2.25 bits per heavy atom. The standard InChI is InChI=1S/C30H26N2O4/c33-28(34)20-32-16-14-25-26(32)12-7-13-27(25)36-17-15-23-18-24(19-31-30(23)35)29(21-8-3-1-4-9-21)22-10-5-2-6-11-22/h1-14,16,18-19,29H,15,17,20H2,(H,31,35)(H,33,34). The number of ether oxygens (including phenoxy) is 1. The van der Waals surface area contributed by atoms with Gasteiger partial charge in [-0.25, -0.2) is 0 Å². The summed E-state index contributed by atoms with van der Waals surface area (Å²) in [7, 11) is 0. The summed E-state index contributed by atoms with van der Waals surface area (Å²) < 4.78 is 7.73. The molecule has 0 saturated heterocycles. The lowest BCUT2D eigenvalue weighted by Gasteiger charge is -2.19. The van der Waals surface area contributed by atoms with Crippen LogP contribution >= 0.6 is 0 Å². The Hall–Kier alpha value is -4.58. The summed E-state index contributed by atoms with van der Waals surface area (Å²) in [5, 5.41) is 9.97. The van der Waals surface area contributed by atoms with Crippen molar-refractivity contribution in [3.8, 4) is 5.75 Å². The van der Waals surface area contributed by atoms with Gasteiger partial charge in [0, 0.05) is 35.7 Å². The van der Waals surface area contributed by atoms with Crippen LogP contribution in [0.3, 0.4) is 0 Å². The molecule has 0 radical (unpaired) electrons. The lowest BCUT2D eigenvalue weighted by atomic mass is 9.85. The van der Waals surface area contributed by atoms with Crippen molar-refractivity contribution >= 4 is 16.9 Å². The molecule has 2 aromatic heterocycles. The summed E-state index contributed by atoms with van der Waals surface area (Å²) in [5.74, 6) is -0.246. The highest BCUT2D eigenvalue weighted by molar-refractivity contribution is 5.87. The molecule has 0 aliphatic rings. The molecule has 5 rings (SSSR count). The molecule has 5 aromatic rings. The van der Waals surface area contributed by atoms with E-state index in [0.29, 0.717) is 24.3 Å². The molecule has 0 bridgehead atoms. The molecule has 0 fully saturated rings. The number of fused-ring (bicyclic) bond motifs is 1. The minimum Gasteiger partial charge on any atom is -0.493 e. The first-order valence-electron chi connectivity index (χ1n) is 11.8. The second kappa shape index (κ2) is 10.4.